The van der Waals surface area contributed by atoms with Gasteiger partial charge in [0.15, 0.2) is 0 Å². The molecule has 2 atom stereocenters. The largest absolute Gasteiger partial charge is 0.382 e. The summed E-state index contributed by atoms with van der Waals surface area (Å²) in [6.07, 6.45) is 6.45. The fourth-order valence-electron chi connectivity index (χ4n) is 1.52. The van der Waals surface area contributed by atoms with Crippen LogP contribution in [0.25, 0.3) is 0 Å². The highest BCUT2D eigenvalue weighted by molar-refractivity contribution is 5.11. The number of hydrogen-bond donors (Lipinski definition) is 0. The summed E-state index contributed by atoms with van der Waals surface area (Å²) in [5.41, 5.74) is 0. The zero-order valence-corrected chi connectivity index (χ0v) is 19.3. The van der Waals surface area contributed by atoms with Crippen LogP contribution < -0.4 is 0 Å². The monoisotopic (exact) mass is 524 g/mol. The Morgan fingerprint density at radius 2 is 1.11 bits per heavy atom. The van der Waals surface area contributed by atoms with Gasteiger partial charge in [-0.3, -0.25) is 0 Å². The maximum Gasteiger partial charge on any atom is 0.106 e. The average Bonchev–Trinajstić information content (AvgIpc) is 2.74. The molecule has 0 saturated heterocycles. The van der Waals surface area contributed by atoms with Crippen molar-refractivity contribution >= 4 is 13.6 Å². The Kier molecular flexibility index (Phi) is 191. The molecule has 0 spiro atoms. The number of carbonyl (C=O) groups is 2. The van der Waals surface area contributed by atoms with Crippen molar-refractivity contribution in [2.45, 2.75) is 160 Å². The molecule has 0 aliphatic heterocycles. The molecule has 0 N–H and O–H groups in total. The Bertz CT molecular complexity index is 259. The lowest BCUT2D eigenvalue weighted by atomic mass is 10.1. The first-order valence-electron chi connectivity index (χ1n) is 12.1. The molecule has 0 radical (unpaired) electrons. The quantitative estimate of drug-likeness (QED) is 0.239. The van der Waals surface area contributed by atoms with Crippen molar-refractivity contribution in [3.8, 4) is 0 Å². The summed E-state index contributed by atoms with van der Waals surface area (Å²) in [6, 6.07) is 0. The van der Waals surface area contributed by atoms with Gasteiger partial charge < -0.3 is 19.1 Å². The van der Waals surface area contributed by atoms with Crippen LogP contribution in [0.15, 0.2) is 0 Å². The minimum absolute atomic E-state index is 0. The first-order valence-corrected chi connectivity index (χ1v) is 10.1. The lowest BCUT2D eigenvalue weighted by Crippen LogP contribution is -1.99. The van der Waals surface area contributed by atoms with Crippen molar-refractivity contribution in [2.75, 3.05) is 26.4 Å². The lowest BCUT2D eigenvalue weighted by Gasteiger charge is -2.06. The van der Waals surface area contributed by atoms with Crippen molar-refractivity contribution in [3.05, 3.63) is 0 Å². The molecule has 0 aliphatic carbocycles. The average molecular weight is 524 g/mol. The third-order valence-corrected chi connectivity index (χ3v) is 3.22. The zero-order valence-electron chi connectivity index (χ0n) is 22.3. The Morgan fingerprint density at radius 3 is 1.40 bits per heavy atom. The van der Waals surface area contributed by atoms with Crippen LogP contribution in [0.4, 0.5) is 0 Å². The second-order valence-electron chi connectivity index (χ2n) is 6.16. The van der Waals surface area contributed by atoms with Crippen LogP contribution in [-0.4, -0.2) is 40.0 Å². The van der Waals surface area contributed by atoms with E-state index in [4.69, 9.17) is 23.2 Å². The maximum absolute atomic E-state index is 8.00. The Balaban J connectivity index is -0.0000000192. The molecule has 0 aromatic carbocycles. The number of rotatable bonds is 12. The fourth-order valence-corrected chi connectivity index (χ4v) is 1.52. The molecule has 35 heavy (non-hydrogen) atoms. The minimum Gasteiger partial charge on any atom is -0.382 e. The van der Waals surface area contributed by atoms with E-state index in [9.17, 15) is 0 Å². The molecule has 0 amide bonds. The van der Waals surface area contributed by atoms with Gasteiger partial charge in [-0.1, -0.05) is 133 Å². The molecule has 2 unspecified atom stereocenters. The number of ether oxygens (including phenoxy) is 2. The van der Waals surface area contributed by atoms with Gasteiger partial charge in [-0.2, -0.15) is 0 Å². The van der Waals surface area contributed by atoms with Crippen molar-refractivity contribution in [2.24, 2.45) is 11.8 Å². The summed E-state index contributed by atoms with van der Waals surface area (Å²) in [5, 5.41) is 0. The molecule has 0 rings (SSSR count). The lowest BCUT2D eigenvalue weighted by molar-refractivity contribution is -0.0987. The van der Waals surface area contributed by atoms with Gasteiger partial charge >= 0.3 is 0 Å². The zero-order chi connectivity index (χ0) is 24.6. The van der Waals surface area contributed by atoms with E-state index in [2.05, 4.69) is 20.8 Å². The summed E-state index contributed by atoms with van der Waals surface area (Å²) < 4.78 is 31.2. The standard InChI is InChI=1S/C8H18O.C7H16O.C6H14.2CH2O.8CH4/c1-4-8(3)6-7-9-5-2;1-3-5-6-7-8-4-2;1-4-5-6(2)3;2*1-2;;;;;;;;/h8H,4-7H2,1-3H3;3-7H2,1-2H3;6H,4-5H2,1-3H3;2*1H2;8*1H4/i1D;3D;1D;;;;;;;;;;. The van der Waals surface area contributed by atoms with E-state index in [0.29, 0.717) is 19.7 Å². The third kappa shape index (κ3) is 160. The van der Waals surface area contributed by atoms with Crippen molar-refractivity contribution in [1.82, 2.24) is 0 Å². The molecule has 0 aliphatic rings. The third-order valence-electron chi connectivity index (χ3n) is 3.22. The number of carbonyl (C=O) groups excluding carboxylic acids is 2. The van der Waals surface area contributed by atoms with Gasteiger partial charge in [-0.15, -0.1) is 0 Å². The first-order chi connectivity index (χ1) is 14.3. The first kappa shape index (κ1) is 64.4. The van der Waals surface area contributed by atoms with Gasteiger partial charge in [-0.25, -0.2) is 0 Å². The summed E-state index contributed by atoms with van der Waals surface area (Å²) in [6.45, 7) is 20.9. The molecule has 0 aromatic heterocycles. The van der Waals surface area contributed by atoms with Crippen LogP contribution in [0, 0.1) is 11.8 Å². The summed E-state index contributed by atoms with van der Waals surface area (Å²) in [4.78, 5) is 16.0. The minimum atomic E-state index is 0. The van der Waals surface area contributed by atoms with Crippen molar-refractivity contribution in [3.63, 3.8) is 0 Å². The molecular weight excluding hydrogens is 436 g/mol. The predicted octanol–water partition coefficient (Wildman–Crippen LogP) is 11.8. The smallest absolute Gasteiger partial charge is 0.106 e. The van der Waals surface area contributed by atoms with Gasteiger partial charge in [-0.05, 0) is 38.5 Å². The van der Waals surface area contributed by atoms with Crippen molar-refractivity contribution < 1.29 is 23.2 Å². The Labute approximate surface area is 235 Å². The van der Waals surface area contributed by atoms with Crippen LogP contribution in [0.3, 0.4) is 0 Å². The molecule has 4 nitrogen and oxygen atoms in total. The second-order valence-corrected chi connectivity index (χ2v) is 6.16. The highest BCUT2D eigenvalue weighted by atomic mass is 16.5. The van der Waals surface area contributed by atoms with Crippen LogP contribution >= 0.6 is 0 Å². The van der Waals surface area contributed by atoms with E-state index in [1.807, 2.05) is 34.3 Å². The summed E-state index contributed by atoms with van der Waals surface area (Å²) in [5.74, 6) is 1.44. The SMILES string of the molecule is C.C.C.C.C.C.C.C.C=O.C=O.[2H]C(C)CCCOCC.[2H]CCC(C)CCOCC.[2H]CCCC(C)C. The predicted molar refractivity (Wildman–Crippen MR) is 174 cm³/mol. The summed E-state index contributed by atoms with van der Waals surface area (Å²) >= 11 is 0. The van der Waals surface area contributed by atoms with E-state index in [-0.39, 0.29) is 65.8 Å². The van der Waals surface area contributed by atoms with Gasteiger partial charge in [0, 0.05) is 30.5 Å². The van der Waals surface area contributed by atoms with Crippen LogP contribution in [0.2, 0.25) is 0 Å². The maximum atomic E-state index is 8.00. The van der Waals surface area contributed by atoms with E-state index < -0.39 is 0 Å². The van der Waals surface area contributed by atoms with E-state index >= 15 is 0 Å². The van der Waals surface area contributed by atoms with Gasteiger partial charge in [0.05, 0.1) is 0 Å². The molecule has 0 aromatic rings. The molecule has 4 heteroatoms. The van der Waals surface area contributed by atoms with E-state index in [1.165, 1.54) is 6.42 Å². The van der Waals surface area contributed by atoms with Gasteiger partial charge in [0.2, 0.25) is 0 Å². The molecule has 232 valence electrons. The second kappa shape index (κ2) is 104. The van der Waals surface area contributed by atoms with Gasteiger partial charge in [0.25, 0.3) is 0 Å². The van der Waals surface area contributed by atoms with Gasteiger partial charge in [0.1, 0.15) is 13.6 Å². The highest BCUT2D eigenvalue weighted by Gasteiger charge is 1.96. The Hall–Kier alpha value is -0.740. The fraction of sp³-hybridized carbons (Fsp3) is 0.935. The van der Waals surface area contributed by atoms with Crippen LogP contribution in [0.1, 0.15) is 164 Å². The van der Waals surface area contributed by atoms with E-state index in [1.54, 1.807) is 0 Å². The van der Waals surface area contributed by atoms with Crippen LogP contribution in [-0.2, 0) is 19.1 Å². The molecule has 0 fully saturated rings. The highest BCUT2D eigenvalue weighted by Crippen LogP contribution is 2.05. The molecule has 0 saturated carbocycles. The normalized spacial score (nSPS) is 9.74. The number of hydrogen-bond acceptors (Lipinski definition) is 4. The topological polar surface area (TPSA) is 52.6 Å². The van der Waals surface area contributed by atoms with Crippen molar-refractivity contribution in [1.29, 1.82) is 0 Å². The Morgan fingerprint density at radius 1 is 0.686 bits per heavy atom. The molecule has 0 heterocycles. The van der Waals surface area contributed by atoms with Crippen LogP contribution in [0.5, 0.6) is 0 Å². The molecule has 0 bridgehead atoms. The van der Waals surface area contributed by atoms with E-state index in [0.717, 1.165) is 64.4 Å². The molecular formula is C31H84O4. The summed E-state index contributed by atoms with van der Waals surface area (Å²) in [7, 11) is 0.